The second-order valence-electron chi connectivity index (χ2n) is 3.87. The molecule has 4 heteroatoms. The molecule has 2 heterocycles. The molecule has 0 amide bonds. The van der Waals surface area contributed by atoms with Crippen LogP contribution in [0, 0.1) is 6.92 Å². The van der Waals surface area contributed by atoms with Crippen molar-refractivity contribution in [2.24, 2.45) is 0 Å². The highest BCUT2D eigenvalue weighted by atomic mass is 32.1. The molecule has 0 bridgehead atoms. The number of Topliss-reactive ketones (excluding diaryl/α,β-unsaturated/α-hetero) is 1. The van der Waals surface area contributed by atoms with Crippen LogP contribution in [0.4, 0.5) is 0 Å². The van der Waals surface area contributed by atoms with Gasteiger partial charge in [0, 0.05) is 29.0 Å². The van der Waals surface area contributed by atoms with Crippen molar-refractivity contribution in [2.75, 3.05) is 0 Å². The number of hydrogen-bond acceptors (Lipinski definition) is 4. The van der Waals surface area contributed by atoms with Gasteiger partial charge >= 0.3 is 0 Å². The van der Waals surface area contributed by atoms with Gasteiger partial charge in [0.15, 0.2) is 5.78 Å². The first-order valence-electron chi connectivity index (χ1n) is 5.57. The molecule has 2 aromatic heterocycles. The van der Waals surface area contributed by atoms with E-state index in [1.807, 2.05) is 19.2 Å². The maximum atomic E-state index is 12.1. The molecular formula is C13H14N2OS. The minimum atomic E-state index is 0.124. The highest BCUT2D eigenvalue weighted by molar-refractivity contribution is 7.09. The zero-order chi connectivity index (χ0) is 12.3. The number of carbonyl (C=O) groups excluding carboxylic acids is 1. The maximum absolute atomic E-state index is 12.1. The number of hydrogen-bond donors (Lipinski definition) is 0. The predicted octanol–water partition coefficient (Wildman–Crippen LogP) is 2.83. The Morgan fingerprint density at radius 2 is 2.29 bits per heavy atom. The van der Waals surface area contributed by atoms with Crippen LogP contribution in [-0.2, 0) is 12.8 Å². The summed E-state index contributed by atoms with van der Waals surface area (Å²) in [4.78, 5) is 20.5. The number of nitrogens with zero attached hydrogens (tertiary/aromatic N) is 2. The Hall–Kier alpha value is -1.55. The van der Waals surface area contributed by atoms with E-state index in [1.54, 1.807) is 18.5 Å². The van der Waals surface area contributed by atoms with Gasteiger partial charge in [-0.15, -0.1) is 11.3 Å². The summed E-state index contributed by atoms with van der Waals surface area (Å²) in [6.07, 6.45) is 4.64. The molecule has 3 nitrogen and oxygen atoms in total. The lowest BCUT2D eigenvalue weighted by Crippen LogP contribution is -2.07. The molecule has 0 saturated heterocycles. The summed E-state index contributed by atoms with van der Waals surface area (Å²) in [5, 5.41) is 2.85. The second-order valence-corrected chi connectivity index (χ2v) is 4.81. The van der Waals surface area contributed by atoms with Crippen molar-refractivity contribution in [3.63, 3.8) is 0 Å². The first-order valence-corrected chi connectivity index (χ1v) is 6.45. The van der Waals surface area contributed by atoms with E-state index in [4.69, 9.17) is 0 Å². The van der Waals surface area contributed by atoms with Gasteiger partial charge in [-0.3, -0.25) is 9.78 Å². The largest absolute Gasteiger partial charge is 0.294 e. The number of aromatic nitrogens is 2. The minimum absolute atomic E-state index is 0.124. The molecule has 0 aliphatic rings. The van der Waals surface area contributed by atoms with Crippen LogP contribution in [0.3, 0.4) is 0 Å². The molecular weight excluding hydrogens is 232 g/mol. The molecule has 0 saturated carbocycles. The lowest BCUT2D eigenvalue weighted by atomic mass is 10.0. The smallest absolute Gasteiger partial charge is 0.170 e. The zero-order valence-electron chi connectivity index (χ0n) is 9.93. The van der Waals surface area contributed by atoms with E-state index in [2.05, 4.69) is 9.97 Å². The fourth-order valence-corrected chi connectivity index (χ4v) is 2.47. The molecule has 0 N–H and O–H groups in total. The van der Waals surface area contributed by atoms with E-state index in [9.17, 15) is 4.79 Å². The number of carbonyl (C=O) groups is 1. The summed E-state index contributed by atoms with van der Waals surface area (Å²) < 4.78 is 0. The molecule has 2 aromatic rings. The zero-order valence-corrected chi connectivity index (χ0v) is 10.8. The Labute approximate surface area is 105 Å². The van der Waals surface area contributed by atoms with E-state index in [0.717, 1.165) is 28.2 Å². The van der Waals surface area contributed by atoms with Gasteiger partial charge in [-0.25, -0.2) is 4.98 Å². The third kappa shape index (κ3) is 2.77. The quantitative estimate of drug-likeness (QED) is 0.779. The van der Waals surface area contributed by atoms with Gasteiger partial charge in [0.05, 0.1) is 6.42 Å². The van der Waals surface area contributed by atoms with Crippen LogP contribution in [0.2, 0.25) is 0 Å². The van der Waals surface area contributed by atoms with Crippen molar-refractivity contribution >= 4 is 17.1 Å². The molecule has 17 heavy (non-hydrogen) atoms. The van der Waals surface area contributed by atoms with Crippen LogP contribution < -0.4 is 0 Å². The van der Waals surface area contributed by atoms with Crippen LogP contribution in [0.1, 0.15) is 33.5 Å². The van der Waals surface area contributed by atoms with Crippen molar-refractivity contribution in [3.05, 3.63) is 45.7 Å². The van der Waals surface area contributed by atoms with Gasteiger partial charge < -0.3 is 0 Å². The highest BCUT2D eigenvalue weighted by Crippen LogP contribution is 2.15. The van der Waals surface area contributed by atoms with Crippen molar-refractivity contribution in [2.45, 2.75) is 26.7 Å². The lowest BCUT2D eigenvalue weighted by Gasteiger charge is -2.04. The Morgan fingerprint density at radius 1 is 1.47 bits per heavy atom. The first-order chi connectivity index (χ1) is 8.20. The Bertz CT molecular complexity index is 534. The molecule has 0 fully saturated rings. The van der Waals surface area contributed by atoms with E-state index < -0.39 is 0 Å². The molecule has 0 atom stereocenters. The first kappa shape index (κ1) is 11.9. The van der Waals surface area contributed by atoms with Gasteiger partial charge in [-0.1, -0.05) is 6.92 Å². The standard InChI is InChI=1S/C13H14N2OS/c1-3-10-7-14-5-4-11(10)12(16)6-13-15-9(2)8-17-13/h4-5,7-8H,3,6H2,1-2H3. The van der Waals surface area contributed by atoms with Crippen molar-refractivity contribution in [3.8, 4) is 0 Å². The second kappa shape index (κ2) is 5.19. The number of aryl methyl sites for hydroxylation is 2. The third-order valence-corrected chi connectivity index (χ3v) is 3.53. The lowest BCUT2D eigenvalue weighted by molar-refractivity contribution is 0.0992. The molecule has 0 spiro atoms. The van der Waals surface area contributed by atoms with Gasteiger partial charge in [0.1, 0.15) is 5.01 Å². The average Bonchev–Trinajstić information content (AvgIpc) is 2.74. The van der Waals surface area contributed by atoms with E-state index >= 15 is 0 Å². The number of thiazole rings is 1. The topological polar surface area (TPSA) is 42.9 Å². The maximum Gasteiger partial charge on any atom is 0.170 e. The van der Waals surface area contributed by atoms with Crippen LogP contribution in [0.25, 0.3) is 0 Å². The molecule has 88 valence electrons. The minimum Gasteiger partial charge on any atom is -0.294 e. The molecule has 0 aliphatic carbocycles. The van der Waals surface area contributed by atoms with Crippen molar-refractivity contribution in [1.29, 1.82) is 0 Å². The van der Waals surface area contributed by atoms with Gasteiger partial charge in [0.2, 0.25) is 0 Å². The number of rotatable bonds is 4. The normalized spacial score (nSPS) is 10.5. The summed E-state index contributed by atoms with van der Waals surface area (Å²) in [5.41, 5.74) is 2.75. The molecule has 0 unspecified atom stereocenters. The summed E-state index contributed by atoms with van der Waals surface area (Å²) in [6.45, 7) is 3.97. The monoisotopic (exact) mass is 246 g/mol. The van der Waals surface area contributed by atoms with E-state index in [-0.39, 0.29) is 5.78 Å². The SMILES string of the molecule is CCc1cnccc1C(=O)Cc1nc(C)cs1. The number of ketones is 1. The molecule has 0 aromatic carbocycles. The average molecular weight is 246 g/mol. The molecule has 0 aliphatic heterocycles. The fourth-order valence-electron chi connectivity index (χ4n) is 1.70. The third-order valence-electron chi connectivity index (χ3n) is 2.56. The van der Waals surface area contributed by atoms with E-state index in [1.165, 1.54) is 11.3 Å². The van der Waals surface area contributed by atoms with Crippen LogP contribution in [0.15, 0.2) is 23.8 Å². The summed E-state index contributed by atoms with van der Waals surface area (Å²) in [6, 6.07) is 1.79. The van der Waals surface area contributed by atoms with Crippen LogP contribution in [0.5, 0.6) is 0 Å². The number of pyridine rings is 1. The molecule has 2 rings (SSSR count). The van der Waals surface area contributed by atoms with Crippen molar-refractivity contribution in [1.82, 2.24) is 9.97 Å². The Morgan fingerprint density at radius 3 is 2.94 bits per heavy atom. The Kier molecular flexibility index (Phi) is 3.64. The van der Waals surface area contributed by atoms with Gasteiger partial charge in [-0.05, 0) is 25.0 Å². The van der Waals surface area contributed by atoms with Crippen LogP contribution >= 0.6 is 11.3 Å². The summed E-state index contributed by atoms with van der Waals surface area (Å²) in [7, 11) is 0. The Balaban J connectivity index is 2.20. The van der Waals surface area contributed by atoms with Gasteiger partial charge in [0.25, 0.3) is 0 Å². The summed E-state index contributed by atoms with van der Waals surface area (Å²) in [5.74, 6) is 0.124. The van der Waals surface area contributed by atoms with E-state index in [0.29, 0.717) is 6.42 Å². The summed E-state index contributed by atoms with van der Waals surface area (Å²) >= 11 is 1.54. The predicted molar refractivity (Wildman–Crippen MR) is 68.5 cm³/mol. The van der Waals surface area contributed by atoms with Gasteiger partial charge in [-0.2, -0.15) is 0 Å². The van der Waals surface area contributed by atoms with Crippen molar-refractivity contribution < 1.29 is 4.79 Å². The highest BCUT2D eigenvalue weighted by Gasteiger charge is 2.12. The molecule has 0 radical (unpaired) electrons. The fraction of sp³-hybridized carbons (Fsp3) is 0.308. The van der Waals surface area contributed by atoms with Crippen LogP contribution in [-0.4, -0.2) is 15.8 Å².